The number of fused-ring (bicyclic) bond motifs is 1. The molecule has 3 rings (SSSR count). The molecule has 0 amide bonds. The Bertz CT molecular complexity index is 821. The number of nitrogens with one attached hydrogen (secondary N) is 2. The number of phenols is 1. The molecule has 0 saturated heterocycles. The van der Waals surface area contributed by atoms with Crippen molar-refractivity contribution < 1.29 is 5.11 Å². The van der Waals surface area contributed by atoms with Crippen LogP contribution in [0, 0.1) is 6.92 Å². The number of aromatic amines is 1. The van der Waals surface area contributed by atoms with Crippen LogP contribution in [-0.4, -0.2) is 24.9 Å². The van der Waals surface area contributed by atoms with Crippen LogP contribution in [0.2, 0.25) is 0 Å². The molecule has 0 spiro atoms. The summed E-state index contributed by atoms with van der Waals surface area (Å²) in [5, 5.41) is 23.1. The first-order valence-electron chi connectivity index (χ1n) is 6.10. The highest BCUT2D eigenvalue weighted by Gasteiger charge is 2.11. The molecule has 0 bridgehead atoms. The maximum atomic E-state index is 12.0. The molecule has 0 fully saturated rings. The standard InChI is InChI=1S/C13H13N5O2/c1-8-9(6-14-10-4-2-3-5-11(10)19)13(20)17-18-7-15-16-12(8)18/h2-5,7,14,19H,6H2,1H3,(H,17,20). The van der Waals surface area contributed by atoms with Crippen molar-refractivity contribution in [1.82, 2.24) is 19.8 Å². The molecule has 3 aromatic rings. The Morgan fingerprint density at radius 1 is 1.40 bits per heavy atom. The quantitative estimate of drug-likeness (QED) is 0.619. The van der Waals surface area contributed by atoms with Crippen LogP contribution in [0.5, 0.6) is 5.75 Å². The van der Waals surface area contributed by atoms with Crippen molar-refractivity contribution in [3.63, 3.8) is 0 Å². The van der Waals surface area contributed by atoms with Gasteiger partial charge in [-0.25, -0.2) is 4.52 Å². The van der Waals surface area contributed by atoms with Gasteiger partial charge >= 0.3 is 0 Å². The fourth-order valence-electron chi connectivity index (χ4n) is 2.07. The molecule has 7 nitrogen and oxygen atoms in total. The van der Waals surface area contributed by atoms with Crippen LogP contribution in [0.15, 0.2) is 35.4 Å². The molecule has 0 atom stereocenters. The number of aromatic hydroxyl groups is 1. The van der Waals surface area contributed by atoms with E-state index in [0.29, 0.717) is 23.4 Å². The van der Waals surface area contributed by atoms with Crippen molar-refractivity contribution in [2.45, 2.75) is 13.5 Å². The molecule has 0 saturated carbocycles. The summed E-state index contributed by atoms with van der Waals surface area (Å²) in [7, 11) is 0. The highest BCUT2D eigenvalue weighted by molar-refractivity contribution is 5.56. The number of hydrogen-bond acceptors (Lipinski definition) is 5. The summed E-state index contributed by atoms with van der Waals surface area (Å²) in [6.07, 6.45) is 1.45. The second kappa shape index (κ2) is 4.69. The molecule has 2 heterocycles. The molecule has 0 aliphatic heterocycles. The van der Waals surface area contributed by atoms with Gasteiger partial charge in [-0.2, -0.15) is 0 Å². The van der Waals surface area contributed by atoms with E-state index in [-0.39, 0.29) is 11.3 Å². The summed E-state index contributed by atoms with van der Waals surface area (Å²) in [5.74, 6) is 0.144. The van der Waals surface area contributed by atoms with Crippen LogP contribution in [0.3, 0.4) is 0 Å². The fourth-order valence-corrected chi connectivity index (χ4v) is 2.07. The zero-order valence-electron chi connectivity index (χ0n) is 10.8. The van der Waals surface area contributed by atoms with Crippen LogP contribution in [0.4, 0.5) is 5.69 Å². The second-order valence-corrected chi connectivity index (χ2v) is 4.44. The summed E-state index contributed by atoms with van der Waals surface area (Å²) in [5.41, 5.74) is 2.30. The van der Waals surface area contributed by atoms with E-state index in [1.807, 2.05) is 6.92 Å². The minimum Gasteiger partial charge on any atom is -0.506 e. The molecular formula is C13H13N5O2. The van der Waals surface area contributed by atoms with Crippen LogP contribution in [0.1, 0.15) is 11.1 Å². The van der Waals surface area contributed by atoms with E-state index in [1.165, 1.54) is 10.8 Å². The van der Waals surface area contributed by atoms with Crippen molar-refractivity contribution in [3.8, 4) is 5.75 Å². The van der Waals surface area contributed by atoms with Crippen LogP contribution < -0.4 is 10.9 Å². The maximum absolute atomic E-state index is 12.0. The van der Waals surface area contributed by atoms with Crippen LogP contribution in [-0.2, 0) is 6.54 Å². The molecule has 7 heteroatoms. The van der Waals surface area contributed by atoms with E-state index in [1.54, 1.807) is 24.3 Å². The van der Waals surface area contributed by atoms with Gasteiger partial charge in [0.1, 0.15) is 12.1 Å². The monoisotopic (exact) mass is 271 g/mol. The summed E-state index contributed by atoms with van der Waals surface area (Å²) in [4.78, 5) is 12.0. The number of phenolic OH excluding ortho intramolecular Hbond substituents is 1. The van der Waals surface area contributed by atoms with Gasteiger partial charge in [-0.1, -0.05) is 12.1 Å². The highest BCUT2D eigenvalue weighted by Crippen LogP contribution is 2.22. The minimum atomic E-state index is -0.210. The number of rotatable bonds is 3. The van der Waals surface area contributed by atoms with E-state index in [0.717, 1.165) is 5.56 Å². The molecule has 0 aliphatic rings. The van der Waals surface area contributed by atoms with Gasteiger partial charge in [0.15, 0.2) is 5.65 Å². The SMILES string of the molecule is Cc1c(CNc2ccccc2O)c(=O)[nH]n2cnnc12. The third-order valence-electron chi connectivity index (χ3n) is 3.19. The molecular weight excluding hydrogens is 258 g/mol. The molecule has 20 heavy (non-hydrogen) atoms. The Labute approximate surface area is 113 Å². The van der Waals surface area contributed by atoms with Gasteiger partial charge in [0.2, 0.25) is 0 Å². The van der Waals surface area contributed by atoms with E-state index >= 15 is 0 Å². The van der Waals surface area contributed by atoms with E-state index in [9.17, 15) is 9.90 Å². The topological polar surface area (TPSA) is 95.3 Å². The van der Waals surface area contributed by atoms with Crippen molar-refractivity contribution in [2.24, 2.45) is 0 Å². The largest absolute Gasteiger partial charge is 0.506 e. The number of H-pyrrole nitrogens is 1. The van der Waals surface area contributed by atoms with Crippen molar-refractivity contribution in [1.29, 1.82) is 0 Å². The fraction of sp³-hybridized carbons (Fsp3) is 0.154. The normalized spacial score (nSPS) is 10.8. The molecule has 0 unspecified atom stereocenters. The zero-order chi connectivity index (χ0) is 14.1. The first-order chi connectivity index (χ1) is 9.66. The van der Waals surface area contributed by atoms with Crippen molar-refractivity contribution >= 4 is 11.3 Å². The third kappa shape index (κ3) is 1.99. The van der Waals surface area contributed by atoms with E-state index in [4.69, 9.17) is 0 Å². The Morgan fingerprint density at radius 2 is 2.20 bits per heavy atom. The summed E-state index contributed by atoms with van der Waals surface area (Å²) >= 11 is 0. The Balaban J connectivity index is 1.95. The molecule has 0 aliphatic carbocycles. The lowest BCUT2D eigenvalue weighted by atomic mass is 10.1. The highest BCUT2D eigenvalue weighted by atomic mass is 16.3. The Morgan fingerprint density at radius 3 is 3.00 bits per heavy atom. The molecule has 1 aromatic carbocycles. The lowest BCUT2D eigenvalue weighted by Gasteiger charge is -2.10. The minimum absolute atomic E-state index is 0.144. The van der Waals surface area contributed by atoms with Gasteiger partial charge in [-0.15, -0.1) is 10.2 Å². The van der Waals surface area contributed by atoms with Gasteiger partial charge in [0, 0.05) is 17.7 Å². The first-order valence-corrected chi connectivity index (χ1v) is 6.10. The zero-order valence-corrected chi connectivity index (χ0v) is 10.8. The van der Waals surface area contributed by atoms with Crippen LogP contribution >= 0.6 is 0 Å². The van der Waals surface area contributed by atoms with Gasteiger partial charge in [-0.05, 0) is 19.1 Å². The van der Waals surface area contributed by atoms with Gasteiger partial charge in [0.05, 0.1) is 5.69 Å². The average molecular weight is 271 g/mol. The van der Waals surface area contributed by atoms with E-state index < -0.39 is 0 Å². The number of para-hydroxylation sites is 2. The lowest BCUT2D eigenvalue weighted by Crippen LogP contribution is -2.21. The first kappa shape index (κ1) is 12.2. The summed E-state index contributed by atoms with van der Waals surface area (Å²) < 4.78 is 1.49. The third-order valence-corrected chi connectivity index (χ3v) is 3.19. The number of hydrogen-bond donors (Lipinski definition) is 3. The predicted molar refractivity (Wildman–Crippen MR) is 73.8 cm³/mol. The van der Waals surface area contributed by atoms with Crippen molar-refractivity contribution in [3.05, 3.63) is 52.1 Å². The average Bonchev–Trinajstić information content (AvgIpc) is 2.88. The van der Waals surface area contributed by atoms with Crippen LogP contribution in [0.25, 0.3) is 5.65 Å². The number of aromatic nitrogens is 4. The van der Waals surface area contributed by atoms with Gasteiger partial charge < -0.3 is 10.4 Å². The maximum Gasteiger partial charge on any atom is 0.268 e. The van der Waals surface area contributed by atoms with Crippen molar-refractivity contribution in [2.75, 3.05) is 5.32 Å². The summed E-state index contributed by atoms with van der Waals surface area (Å²) in [6.45, 7) is 2.11. The van der Waals surface area contributed by atoms with Gasteiger partial charge in [0.25, 0.3) is 5.56 Å². The van der Waals surface area contributed by atoms with Gasteiger partial charge in [-0.3, -0.25) is 9.89 Å². The Kier molecular flexibility index (Phi) is 2.86. The summed E-state index contributed by atoms with van der Waals surface area (Å²) in [6, 6.07) is 6.87. The molecule has 102 valence electrons. The second-order valence-electron chi connectivity index (χ2n) is 4.44. The number of nitrogens with zero attached hydrogens (tertiary/aromatic N) is 3. The molecule has 3 N–H and O–H groups in total. The molecule has 2 aromatic heterocycles. The predicted octanol–water partition coefficient (Wildman–Crippen LogP) is 1.04. The number of aryl methyl sites for hydroxylation is 1. The number of anilines is 1. The lowest BCUT2D eigenvalue weighted by molar-refractivity contribution is 0.477. The molecule has 0 radical (unpaired) electrons. The number of benzene rings is 1. The van der Waals surface area contributed by atoms with E-state index in [2.05, 4.69) is 20.6 Å². The smallest absolute Gasteiger partial charge is 0.268 e. The Hall–Kier alpha value is -2.83.